The number of benzene rings is 2. The molecule has 2 amide bonds. The topological polar surface area (TPSA) is 68.2 Å². The average molecular weight is 371 g/mol. The fraction of sp³-hybridized carbons (Fsp3) is 0.158. The third-order valence-electron chi connectivity index (χ3n) is 3.60. The van der Waals surface area contributed by atoms with E-state index in [2.05, 4.69) is 15.6 Å². The number of hydrogen-bond acceptors (Lipinski definition) is 3. The largest absolute Gasteiger partial charge is 0.455 e. The Hall–Kier alpha value is -2.99. The molecular weight excluding hydrogens is 352 g/mol. The molecule has 0 aliphatic heterocycles. The second-order valence-electron chi connectivity index (χ2n) is 5.59. The first-order valence-electron chi connectivity index (χ1n) is 8.24. The van der Waals surface area contributed by atoms with Gasteiger partial charge in [-0.3, -0.25) is 0 Å². The van der Waals surface area contributed by atoms with Crippen molar-refractivity contribution in [1.29, 1.82) is 0 Å². The van der Waals surface area contributed by atoms with Crippen molar-refractivity contribution in [2.45, 2.75) is 13.0 Å². The second kappa shape index (κ2) is 8.92. The van der Waals surface area contributed by atoms with E-state index in [4.69, 9.17) is 16.3 Å². The number of nitrogens with one attached hydrogen (secondary N) is 2. The first-order chi connectivity index (χ1) is 12.7. The summed E-state index contributed by atoms with van der Waals surface area (Å²) in [5, 5.41) is 6.12. The quantitative estimate of drug-likeness (QED) is 0.600. The van der Waals surface area contributed by atoms with Gasteiger partial charge in [0, 0.05) is 30.5 Å². The molecule has 0 saturated carbocycles. The molecule has 26 heavy (non-hydrogen) atoms. The van der Waals surface area contributed by atoms with Crippen LogP contribution < -0.4 is 15.4 Å². The summed E-state index contributed by atoms with van der Waals surface area (Å²) in [6.07, 6.45) is 6.17. The van der Waals surface area contributed by atoms with E-state index in [1.54, 1.807) is 30.7 Å². The van der Waals surface area contributed by atoms with Crippen LogP contribution >= 0.6 is 11.6 Å². The van der Waals surface area contributed by atoms with E-state index in [-0.39, 0.29) is 6.03 Å². The fourth-order valence-corrected chi connectivity index (χ4v) is 2.53. The third-order valence-corrected chi connectivity index (χ3v) is 3.83. The maximum Gasteiger partial charge on any atom is 0.319 e. The molecule has 1 aromatic heterocycles. The molecule has 0 spiro atoms. The van der Waals surface area contributed by atoms with Crippen LogP contribution in [0.1, 0.15) is 6.42 Å². The number of carbonyl (C=O) groups is 1. The predicted octanol–water partition coefficient (Wildman–Crippen LogP) is 4.54. The molecule has 0 saturated heterocycles. The molecule has 0 atom stereocenters. The number of imidazole rings is 1. The lowest BCUT2D eigenvalue weighted by molar-refractivity contribution is 0.251. The van der Waals surface area contributed by atoms with E-state index in [9.17, 15) is 4.79 Å². The number of urea groups is 1. The highest BCUT2D eigenvalue weighted by atomic mass is 35.5. The van der Waals surface area contributed by atoms with Crippen LogP contribution in [0.4, 0.5) is 10.5 Å². The summed E-state index contributed by atoms with van der Waals surface area (Å²) in [6, 6.07) is 14.1. The number of aryl methyl sites for hydroxylation is 1. The average Bonchev–Trinajstić information content (AvgIpc) is 3.15. The molecule has 134 valence electrons. The second-order valence-corrected chi connectivity index (χ2v) is 6.03. The Morgan fingerprint density at radius 1 is 1.19 bits per heavy atom. The summed E-state index contributed by atoms with van der Waals surface area (Å²) >= 11 is 6.05. The molecule has 0 radical (unpaired) electrons. The Bertz CT molecular complexity index is 838. The minimum atomic E-state index is -0.309. The number of aromatic nitrogens is 2. The van der Waals surface area contributed by atoms with E-state index in [1.807, 2.05) is 41.1 Å². The summed E-state index contributed by atoms with van der Waals surface area (Å²) in [4.78, 5) is 16.1. The number of anilines is 1. The summed E-state index contributed by atoms with van der Waals surface area (Å²) in [7, 11) is 0. The van der Waals surface area contributed by atoms with Crippen LogP contribution in [0.3, 0.4) is 0 Å². The lowest BCUT2D eigenvalue weighted by Crippen LogP contribution is -2.30. The van der Waals surface area contributed by atoms with E-state index < -0.39 is 0 Å². The van der Waals surface area contributed by atoms with Crippen LogP contribution in [0.5, 0.6) is 11.5 Å². The van der Waals surface area contributed by atoms with Gasteiger partial charge in [0.25, 0.3) is 0 Å². The standard InChI is InChI=1S/C19H19ClN4O2/c20-15-7-8-18(26-16-5-2-1-3-6-16)17(13-15)23-19(25)22-9-4-11-24-12-10-21-14-24/h1-3,5-8,10,12-14H,4,9,11H2,(H2,22,23,25). The lowest BCUT2D eigenvalue weighted by atomic mass is 10.3. The molecule has 0 fully saturated rings. The van der Waals surface area contributed by atoms with Gasteiger partial charge >= 0.3 is 6.03 Å². The van der Waals surface area contributed by atoms with Crippen molar-refractivity contribution in [2.24, 2.45) is 0 Å². The highest BCUT2D eigenvalue weighted by Crippen LogP contribution is 2.31. The number of rotatable bonds is 7. The van der Waals surface area contributed by atoms with Crippen LogP contribution in [0.25, 0.3) is 0 Å². The van der Waals surface area contributed by atoms with Gasteiger partial charge < -0.3 is 19.9 Å². The maximum absolute atomic E-state index is 12.1. The first kappa shape index (κ1) is 17.8. The first-order valence-corrected chi connectivity index (χ1v) is 8.61. The minimum Gasteiger partial charge on any atom is -0.455 e. The molecule has 0 aliphatic carbocycles. The Kier molecular flexibility index (Phi) is 6.11. The number of halogens is 1. The smallest absolute Gasteiger partial charge is 0.319 e. The molecule has 2 aromatic carbocycles. The predicted molar refractivity (Wildman–Crippen MR) is 102 cm³/mol. The van der Waals surface area contributed by atoms with Gasteiger partial charge in [0.05, 0.1) is 12.0 Å². The van der Waals surface area contributed by atoms with E-state index in [1.165, 1.54) is 0 Å². The van der Waals surface area contributed by atoms with Crippen molar-refractivity contribution >= 4 is 23.3 Å². The molecule has 0 aliphatic rings. The van der Waals surface area contributed by atoms with Gasteiger partial charge in [-0.15, -0.1) is 0 Å². The molecule has 1 heterocycles. The highest BCUT2D eigenvalue weighted by Gasteiger charge is 2.09. The van der Waals surface area contributed by atoms with Gasteiger partial charge in [-0.25, -0.2) is 9.78 Å². The van der Waals surface area contributed by atoms with Crippen LogP contribution in [0, 0.1) is 0 Å². The Balaban J connectivity index is 1.55. The van der Waals surface area contributed by atoms with Gasteiger partial charge in [0.1, 0.15) is 5.75 Å². The monoisotopic (exact) mass is 370 g/mol. The van der Waals surface area contributed by atoms with Crippen molar-refractivity contribution in [3.63, 3.8) is 0 Å². The molecule has 0 bridgehead atoms. The minimum absolute atomic E-state index is 0.309. The highest BCUT2D eigenvalue weighted by molar-refractivity contribution is 6.31. The molecule has 7 heteroatoms. The van der Waals surface area contributed by atoms with Crippen LogP contribution in [0.15, 0.2) is 67.3 Å². The van der Waals surface area contributed by atoms with Gasteiger partial charge in [-0.2, -0.15) is 0 Å². The molecule has 0 unspecified atom stereocenters. The van der Waals surface area contributed by atoms with Gasteiger partial charge in [0.15, 0.2) is 5.75 Å². The summed E-state index contributed by atoms with van der Waals surface area (Å²) in [6.45, 7) is 1.33. The number of para-hydroxylation sites is 1. The van der Waals surface area contributed by atoms with Crippen molar-refractivity contribution in [3.8, 4) is 11.5 Å². The fourth-order valence-electron chi connectivity index (χ4n) is 2.35. The van der Waals surface area contributed by atoms with E-state index in [0.717, 1.165) is 13.0 Å². The summed E-state index contributed by atoms with van der Waals surface area (Å²) in [5.74, 6) is 1.20. The third kappa shape index (κ3) is 5.26. The number of nitrogens with zero attached hydrogens (tertiary/aromatic N) is 2. The SMILES string of the molecule is O=C(NCCCn1ccnc1)Nc1cc(Cl)ccc1Oc1ccccc1. The Morgan fingerprint density at radius 3 is 2.81 bits per heavy atom. The number of amides is 2. The summed E-state index contributed by atoms with van der Waals surface area (Å²) < 4.78 is 7.79. The lowest BCUT2D eigenvalue weighted by Gasteiger charge is -2.13. The van der Waals surface area contributed by atoms with Crippen LogP contribution in [0.2, 0.25) is 5.02 Å². The summed E-state index contributed by atoms with van der Waals surface area (Å²) in [5.41, 5.74) is 0.508. The zero-order chi connectivity index (χ0) is 18.2. The molecule has 6 nitrogen and oxygen atoms in total. The Morgan fingerprint density at radius 2 is 2.04 bits per heavy atom. The van der Waals surface area contributed by atoms with Gasteiger partial charge in [-0.05, 0) is 36.8 Å². The number of hydrogen-bond donors (Lipinski definition) is 2. The van der Waals surface area contributed by atoms with Crippen LogP contribution in [-0.2, 0) is 6.54 Å². The van der Waals surface area contributed by atoms with Gasteiger partial charge in [-0.1, -0.05) is 29.8 Å². The normalized spacial score (nSPS) is 10.3. The van der Waals surface area contributed by atoms with Crippen molar-refractivity contribution in [3.05, 3.63) is 72.3 Å². The van der Waals surface area contributed by atoms with E-state index >= 15 is 0 Å². The number of carbonyl (C=O) groups excluding carboxylic acids is 1. The zero-order valence-corrected chi connectivity index (χ0v) is 14.8. The molecule has 3 aromatic rings. The zero-order valence-electron chi connectivity index (χ0n) is 14.1. The van der Waals surface area contributed by atoms with Gasteiger partial charge in [0.2, 0.25) is 0 Å². The molecular formula is C19H19ClN4O2. The maximum atomic E-state index is 12.1. The van der Waals surface area contributed by atoms with Crippen molar-refractivity contribution in [1.82, 2.24) is 14.9 Å². The molecule has 2 N–H and O–H groups in total. The van der Waals surface area contributed by atoms with Crippen molar-refractivity contribution < 1.29 is 9.53 Å². The molecule has 3 rings (SSSR count). The van der Waals surface area contributed by atoms with Crippen molar-refractivity contribution in [2.75, 3.05) is 11.9 Å². The van der Waals surface area contributed by atoms with Crippen LogP contribution in [-0.4, -0.2) is 22.1 Å². The number of ether oxygens (including phenoxy) is 1. The Labute approximate surface area is 156 Å². The van der Waals surface area contributed by atoms with E-state index in [0.29, 0.717) is 28.8 Å².